The fourth-order valence-electron chi connectivity index (χ4n) is 6.41. The third-order valence-electron chi connectivity index (χ3n) is 9.21. The van der Waals surface area contributed by atoms with E-state index < -0.39 is 12.6 Å². The highest BCUT2D eigenvalue weighted by molar-refractivity contribution is 6.36. The average molecular weight is 796 g/mol. The summed E-state index contributed by atoms with van der Waals surface area (Å²) in [4.78, 5) is 17.1. The van der Waals surface area contributed by atoms with E-state index in [4.69, 9.17) is 52.1 Å². The Morgan fingerprint density at radius 3 is 1.29 bits per heavy atom. The zero-order valence-corrected chi connectivity index (χ0v) is 32.7. The lowest BCUT2D eigenvalue weighted by Gasteiger charge is -2.12. The maximum absolute atomic E-state index is 10.0. The van der Waals surface area contributed by atoms with Crippen molar-refractivity contribution in [2.75, 3.05) is 26.4 Å². The second-order valence-corrected chi connectivity index (χ2v) is 14.1. The maximum atomic E-state index is 10.0. The van der Waals surface area contributed by atoms with Crippen LogP contribution in [0.5, 0.6) is 11.5 Å². The number of nitrogens with one attached hydrogen (secondary N) is 2. The number of hydrogen-bond donors (Lipinski definition) is 4. The van der Waals surface area contributed by atoms with E-state index in [1.807, 2.05) is 111 Å². The molecule has 0 radical (unpaired) electrons. The molecule has 0 spiro atoms. The van der Waals surface area contributed by atoms with Crippen molar-refractivity contribution in [2.24, 2.45) is 0 Å². The van der Waals surface area contributed by atoms with E-state index in [0.29, 0.717) is 83.2 Å². The molecule has 2 aliphatic rings. The standard InChI is InChI=1S/C44H44Cl2N4O6/c1-3-23-55-39(51)21-25-53-29-9-5-27(6-10-29)41-31-13-17-35(47-31)43(45)37-19-15-33(49-37)42(34-16-20-38(50-34)44(46)36-18-14-32(41)48-36)28-7-11-30(12-8-28)54-26-22-40(52)56-24-4-2/h5-20,39-40,47,50-52H,3-4,21-26H2,1-2H3. The fourth-order valence-corrected chi connectivity index (χ4v) is 6.84. The maximum Gasteiger partial charge on any atom is 0.157 e. The van der Waals surface area contributed by atoms with E-state index in [0.717, 1.165) is 57.5 Å². The Morgan fingerprint density at radius 2 is 0.893 bits per heavy atom. The third-order valence-corrected chi connectivity index (χ3v) is 10.0. The zero-order chi connectivity index (χ0) is 39.0. The summed E-state index contributed by atoms with van der Waals surface area (Å²) in [5, 5.41) is 20.9. The molecule has 12 heteroatoms. The van der Waals surface area contributed by atoms with E-state index in [1.54, 1.807) is 0 Å². The molecule has 8 bridgehead atoms. The monoisotopic (exact) mass is 794 g/mol. The Labute approximate surface area is 335 Å². The minimum atomic E-state index is -0.857. The molecule has 2 aromatic carbocycles. The molecule has 290 valence electrons. The van der Waals surface area contributed by atoms with Crippen LogP contribution in [-0.4, -0.2) is 69.2 Å². The summed E-state index contributed by atoms with van der Waals surface area (Å²) < 4.78 is 22.5. The molecule has 0 amide bonds. The summed E-state index contributed by atoms with van der Waals surface area (Å²) >= 11 is 14.2. The summed E-state index contributed by atoms with van der Waals surface area (Å²) in [6.07, 6.45) is 8.42. The number of H-pyrrole nitrogens is 2. The number of halogens is 2. The molecular formula is C44H44Cl2N4O6. The molecule has 7 rings (SSSR count). The molecule has 5 heterocycles. The van der Waals surface area contributed by atoms with E-state index >= 15 is 0 Å². The number of hydrogen-bond acceptors (Lipinski definition) is 8. The van der Waals surface area contributed by atoms with E-state index in [-0.39, 0.29) is 0 Å². The van der Waals surface area contributed by atoms with Crippen molar-refractivity contribution in [3.8, 4) is 33.8 Å². The minimum absolute atomic E-state index is 0.317. The summed E-state index contributed by atoms with van der Waals surface area (Å²) in [5.41, 5.74) is 9.19. The predicted molar refractivity (Wildman–Crippen MR) is 224 cm³/mol. The van der Waals surface area contributed by atoms with Crippen LogP contribution in [0.2, 0.25) is 10.0 Å². The highest BCUT2D eigenvalue weighted by atomic mass is 35.5. The van der Waals surface area contributed by atoms with Crippen molar-refractivity contribution in [1.29, 1.82) is 0 Å². The molecule has 0 saturated heterocycles. The van der Waals surface area contributed by atoms with Gasteiger partial charge in [-0.2, -0.15) is 0 Å². The van der Waals surface area contributed by atoms with E-state index in [1.165, 1.54) is 0 Å². The molecule has 5 aromatic rings. The lowest BCUT2D eigenvalue weighted by molar-refractivity contribution is -0.107. The van der Waals surface area contributed by atoms with Crippen molar-refractivity contribution >= 4 is 69.6 Å². The molecule has 0 saturated carbocycles. The van der Waals surface area contributed by atoms with Gasteiger partial charge in [0.1, 0.15) is 11.5 Å². The average Bonchev–Trinajstić information content (AvgIpc) is 4.06. The van der Waals surface area contributed by atoms with Crippen LogP contribution in [0.3, 0.4) is 0 Å². The lowest BCUT2D eigenvalue weighted by atomic mass is 10.0. The zero-order valence-electron chi connectivity index (χ0n) is 31.2. The molecule has 0 fully saturated rings. The van der Waals surface area contributed by atoms with Gasteiger partial charge in [0.25, 0.3) is 0 Å². The molecule has 4 N–H and O–H groups in total. The normalized spacial score (nSPS) is 13.2. The Bertz CT molecular complexity index is 2200. The van der Waals surface area contributed by atoms with Crippen LogP contribution >= 0.6 is 23.2 Å². The number of aliphatic hydroxyl groups excluding tert-OH is 2. The smallest absolute Gasteiger partial charge is 0.157 e. The number of aromatic nitrogens is 4. The first kappa shape index (κ1) is 39.3. The number of ether oxygens (including phenoxy) is 4. The molecule has 3 aromatic heterocycles. The highest BCUT2D eigenvalue weighted by Gasteiger charge is 2.17. The molecule has 10 nitrogen and oxygen atoms in total. The Hall–Kier alpha value is -4.94. The van der Waals surface area contributed by atoms with Crippen LogP contribution in [0.1, 0.15) is 62.3 Å². The summed E-state index contributed by atoms with van der Waals surface area (Å²) in [5.74, 6) is 1.35. The SMILES string of the molecule is CCCOC(O)CCOc1ccc(-c2c3nc(c(Cl)c4ccc([nH]4)c(-c4ccc(OCCC(O)OCCC)cc4)c4nc(c(Cl)c5ccc2[nH]5)C=C4)C=C3)cc1. The molecule has 56 heavy (non-hydrogen) atoms. The number of rotatable bonds is 16. The molecule has 2 aliphatic heterocycles. The first-order valence-corrected chi connectivity index (χ1v) is 19.6. The first-order chi connectivity index (χ1) is 27.3. The molecule has 2 unspecified atom stereocenters. The van der Waals surface area contributed by atoms with Gasteiger partial charge in [0.05, 0.1) is 57.1 Å². The number of nitrogens with zero attached hydrogens (tertiary/aromatic N) is 2. The summed E-state index contributed by atoms with van der Waals surface area (Å²) in [6, 6.07) is 23.3. The highest BCUT2D eigenvalue weighted by Crippen LogP contribution is 2.36. The lowest BCUT2D eigenvalue weighted by Crippen LogP contribution is -2.16. The Morgan fingerprint density at radius 1 is 0.518 bits per heavy atom. The van der Waals surface area contributed by atoms with Gasteiger partial charge in [-0.3, -0.25) is 0 Å². The third kappa shape index (κ3) is 9.19. The number of fused-ring (bicyclic) bond motifs is 8. The van der Waals surface area contributed by atoms with Crippen LogP contribution in [-0.2, 0) is 9.47 Å². The van der Waals surface area contributed by atoms with Gasteiger partial charge in [0.15, 0.2) is 12.6 Å². The minimum Gasteiger partial charge on any atom is -0.493 e. The van der Waals surface area contributed by atoms with Gasteiger partial charge >= 0.3 is 0 Å². The van der Waals surface area contributed by atoms with Gasteiger partial charge in [-0.15, -0.1) is 0 Å². The quantitative estimate of drug-likeness (QED) is 0.0710. The molecule has 2 atom stereocenters. The van der Waals surface area contributed by atoms with E-state index in [2.05, 4.69) is 9.97 Å². The van der Waals surface area contributed by atoms with Gasteiger partial charge in [-0.25, -0.2) is 9.97 Å². The van der Waals surface area contributed by atoms with Crippen molar-refractivity contribution in [1.82, 2.24) is 19.9 Å². The van der Waals surface area contributed by atoms with Crippen molar-refractivity contribution in [3.63, 3.8) is 0 Å². The van der Waals surface area contributed by atoms with E-state index in [9.17, 15) is 10.2 Å². The first-order valence-electron chi connectivity index (χ1n) is 18.8. The number of aromatic amines is 2. The summed E-state index contributed by atoms with van der Waals surface area (Å²) in [6.45, 7) is 5.64. The Kier molecular flexibility index (Phi) is 12.9. The van der Waals surface area contributed by atoms with Gasteiger partial charge in [-0.1, -0.05) is 61.3 Å². The van der Waals surface area contributed by atoms with Crippen LogP contribution in [0.4, 0.5) is 0 Å². The fraction of sp³-hybridized carbons (Fsp3) is 0.273. The topological polar surface area (TPSA) is 135 Å². The van der Waals surface area contributed by atoms with Gasteiger partial charge in [-0.05, 0) is 96.8 Å². The largest absolute Gasteiger partial charge is 0.493 e. The molecule has 0 aliphatic carbocycles. The van der Waals surface area contributed by atoms with Crippen molar-refractivity contribution < 1.29 is 29.2 Å². The van der Waals surface area contributed by atoms with Crippen LogP contribution in [0.15, 0.2) is 72.8 Å². The van der Waals surface area contributed by atoms with Crippen LogP contribution in [0.25, 0.3) is 68.6 Å². The van der Waals surface area contributed by atoms with Crippen LogP contribution < -0.4 is 9.47 Å². The van der Waals surface area contributed by atoms with Gasteiger partial charge in [0.2, 0.25) is 0 Å². The summed E-state index contributed by atoms with van der Waals surface area (Å²) in [7, 11) is 0. The molecular weight excluding hydrogens is 751 g/mol. The second-order valence-electron chi connectivity index (χ2n) is 13.4. The van der Waals surface area contributed by atoms with Crippen molar-refractivity contribution in [3.05, 3.63) is 106 Å². The van der Waals surface area contributed by atoms with Crippen LogP contribution in [0, 0.1) is 0 Å². The van der Waals surface area contributed by atoms with Gasteiger partial charge < -0.3 is 39.1 Å². The predicted octanol–water partition coefficient (Wildman–Crippen LogP) is 10.3. The second kappa shape index (κ2) is 18.3. The number of aliphatic hydroxyl groups is 2. The van der Waals surface area contributed by atoms with Crippen molar-refractivity contribution in [2.45, 2.75) is 52.1 Å². The van der Waals surface area contributed by atoms with Gasteiger partial charge in [0, 0.05) is 48.2 Å². The Balaban J connectivity index is 1.27. The number of benzene rings is 2.